The predicted molar refractivity (Wildman–Crippen MR) is 204 cm³/mol. The number of pyridine rings is 1. The van der Waals surface area contributed by atoms with E-state index in [0.29, 0.717) is 35.3 Å². The molecule has 1 fully saturated rings. The van der Waals surface area contributed by atoms with Gasteiger partial charge in [-0.15, -0.1) is 10.2 Å². The second kappa shape index (κ2) is 21.0. The number of benzene rings is 1. The molecule has 280 valence electrons. The maximum absolute atomic E-state index is 13.2. The average molecular weight is 853 g/mol. The number of hydrogen-bond donors (Lipinski definition) is 1. The number of rotatable bonds is 14. The Balaban J connectivity index is 0.000000371. The Morgan fingerprint density at radius 3 is 2.31 bits per heavy atom. The van der Waals surface area contributed by atoms with E-state index >= 15 is 0 Å². The Morgan fingerprint density at radius 2 is 1.76 bits per heavy atom. The van der Waals surface area contributed by atoms with Crippen molar-refractivity contribution in [3.8, 4) is 11.4 Å². The van der Waals surface area contributed by atoms with E-state index in [1.54, 1.807) is 39.9 Å². The van der Waals surface area contributed by atoms with Crippen molar-refractivity contribution in [1.29, 1.82) is 0 Å². The van der Waals surface area contributed by atoms with Crippen LogP contribution in [0.2, 0.25) is 23.4 Å². The predicted octanol–water partition coefficient (Wildman–Crippen LogP) is 9.60. The van der Waals surface area contributed by atoms with Crippen molar-refractivity contribution in [1.82, 2.24) is 30.1 Å². The summed E-state index contributed by atoms with van der Waals surface area (Å²) < 4.78 is 21.5. The molecular weight excluding hydrogens is 800 g/mol. The molecule has 13 nitrogen and oxygen atoms in total. The van der Waals surface area contributed by atoms with Gasteiger partial charge >= 0.3 is 111 Å². The zero-order valence-corrected chi connectivity index (χ0v) is 35.1. The number of aromatic amines is 1. The number of halogens is 2. The molecule has 1 aliphatic rings. The van der Waals surface area contributed by atoms with E-state index in [9.17, 15) is 9.59 Å². The minimum atomic E-state index is -2.45. The number of H-pyrrole nitrogens is 1. The third-order valence-electron chi connectivity index (χ3n) is 8.75. The zero-order chi connectivity index (χ0) is 37.4. The molecule has 16 heteroatoms. The van der Waals surface area contributed by atoms with Gasteiger partial charge in [0.2, 0.25) is 5.82 Å². The molecule has 3 heterocycles. The van der Waals surface area contributed by atoms with E-state index in [4.69, 9.17) is 38.2 Å². The molecule has 0 spiro atoms. The second-order valence-electron chi connectivity index (χ2n) is 14.0. The third kappa shape index (κ3) is 13.3. The molecular formula is C35H53Cl2N9O4Sn. The number of carbonyl (C=O) groups is 1. The summed E-state index contributed by atoms with van der Waals surface area (Å²) in [6.45, 7) is 13.3. The molecule has 4 rings (SSSR count). The molecule has 0 unspecified atom stereocenters. The SMILES string of the molecule is CC(C)(C)OC(=O)N1CCO[C@@H](c2ccc(Cl)c(Cl)c2)[C@H](Cn2cccc(-c3nn[nH]n3)c2=O)C1.CCC[CH2][Sn]([CH2]CCC)([CH2]CCC)[N]=[N+]=[N-]. The second-order valence-corrected chi connectivity index (χ2v) is 26.6. The normalized spacial score (nSPS) is 16.4. The molecule has 1 amide bonds. The van der Waals surface area contributed by atoms with E-state index in [0.717, 1.165) is 5.56 Å². The van der Waals surface area contributed by atoms with E-state index in [1.807, 2.05) is 26.8 Å². The van der Waals surface area contributed by atoms with Gasteiger partial charge in [-0.3, -0.25) is 4.79 Å². The molecule has 1 N–H and O–H groups in total. The number of azide groups is 1. The van der Waals surface area contributed by atoms with Gasteiger partial charge in [-0.2, -0.15) is 5.21 Å². The van der Waals surface area contributed by atoms with Crippen LogP contribution in [0.1, 0.15) is 91.7 Å². The molecule has 2 atom stereocenters. The summed E-state index contributed by atoms with van der Waals surface area (Å²) in [4.78, 5) is 30.9. The number of ether oxygens (including phenoxy) is 2. The number of aromatic nitrogens is 5. The molecule has 1 aromatic carbocycles. The fourth-order valence-electron chi connectivity index (χ4n) is 6.12. The molecule has 0 radical (unpaired) electrons. The first-order valence-corrected chi connectivity index (χ1v) is 26.0. The van der Waals surface area contributed by atoms with Crippen molar-refractivity contribution in [2.75, 3.05) is 19.7 Å². The van der Waals surface area contributed by atoms with Crippen LogP contribution in [0, 0.1) is 5.92 Å². The average Bonchev–Trinajstić information content (AvgIpc) is 3.54. The number of nitrogens with zero attached hydrogens (tertiary/aromatic N) is 8. The van der Waals surface area contributed by atoms with Crippen molar-refractivity contribution >= 4 is 47.9 Å². The van der Waals surface area contributed by atoms with Crippen LogP contribution >= 0.6 is 23.2 Å². The van der Waals surface area contributed by atoms with Crippen LogP contribution in [0.5, 0.6) is 0 Å². The van der Waals surface area contributed by atoms with E-state index in [2.05, 4.69) is 49.6 Å². The van der Waals surface area contributed by atoms with Crippen LogP contribution < -0.4 is 5.56 Å². The minimum absolute atomic E-state index is 0.206. The standard InChI is InChI=1S/C23H26Cl2N6O4.3C4H9.N3.Sn/c1-23(2,3)35-22(33)31-9-10-34-19(14-6-7-17(24)18(25)11-14)15(13-31)12-30-8-4-5-16(21(30)32)20-26-28-29-27-20;3*1-3-4-2;1-3-2;/h4-8,11,15,19H,9-10,12-13H2,1-3H3,(H,26,27,28,29);3*1,3-4H2,2H3;;/q;;;;-1;+1/t15-,19+;;;;;/m1...../s1. The zero-order valence-electron chi connectivity index (χ0n) is 30.8. The molecule has 1 aliphatic heterocycles. The van der Waals surface area contributed by atoms with Crippen molar-refractivity contribution in [2.45, 2.75) is 112 Å². The van der Waals surface area contributed by atoms with Crippen LogP contribution in [0.4, 0.5) is 4.79 Å². The van der Waals surface area contributed by atoms with Crippen LogP contribution in [-0.2, 0) is 16.0 Å². The number of hydrogen-bond acceptors (Lipinski definition) is 8. The van der Waals surface area contributed by atoms with E-state index in [-0.39, 0.29) is 23.8 Å². The fraction of sp³-hybridized carbons (Fsp3) is 0.629. The van der Waals surface area contributed by atoms with Gasteiger partial charge in [0.05, 0.1) is 28.3 Å². The van der Waals surface area contributed by atoms with Crippen molar-refractivity contribution in [2.24, 2.45) is 9.25 Å². The quantitative estimate of drug-likeness (QED) is 0.0730. The van der Waals surface area contributed by atoms with Crippen LogP contribution in [-0.4, -0.2) is 80.1 Å². The van der Waals surface area contributed by atoms with Crippen molar-refractivity contribution < 1.29 is 14.3 Å². The summed E-state index contributed by atoms with van der Waals surface area (Å²) in [6.07, 6.45) is 8.30. The topological polar surface area (TPSA) is 164 Å². The summed E-state index contributed by atoms with van der Waals surface area (Å²) in [5, 5.41) is 14.6. The van der Waals surface area contributed by atoms with Gasteiger partial charge in [-0.05, 0) is 55.8 Å². The fourth-order valence-corrected chi connectivity index (χ4v) is 18.6. The molecule has 2 aromatic heterocycles. The first-order chi connectivity index (χ1) is 24.4. The van der Waals surface area contributed by atoms with Gasteiger partial charge in [0.1, 0.15) is 5.60 Å². The summed E-state index contributed by atoms with van der Waals surface area (Å²) in [6, 6.07) is 8.68. The molecule has 51 heavy (non-hydrogen) atoms. The monoisotopic (exact) mass is 853 g/mol. The van der Waals surface area contributed by atoms with Crippen LogP contribution in [0.3, 0.4) is 0 Å². The van der Waals surface area contributed by atoms with Gasteiger partial charge in [-0.25, -0.2) is 4.79 Å². The van der Waals surface area contributed by atoms with Gasteiger partial charge in [0, 0.05) is 31.7 Å². The van der Waals surface area contributed by atoms with Crippen LogP contribution in [0.25, 0.3) is 21.8 Å². The number of tetrazole rings is 1. The first kappa shape index (κ1) is 42.6. The van der Waals surface area contributed by atoms with Crippen LogP contribution in [0.15, 0.2) is 44.7 Å². The summed E-state index contributed by atoms with van der Waals surface area (Å²) in [7, 11) is 0. The summed E-state index contributed by atoms with van der Waals surface area (Å²) in [5.41, 5.74) is 9.00. The Labute approximate surface area is 315 Å². The van der Waals surface area contributed by atoms with Gasteiger partial charge < -0.3 is 18.9 Å². The van der Waals surface area contributed by atoms with Crippen molar-refractivity contribution in [3.05, 3.63) is 72.9 Å². The number of carbonyl (C=O) groups excluding carboxylic acids is 1. The summed E-state index contributed by atoms with van der Waals surface area (Å²) >= 11 is 9.96. The van der Waals surface area contributed by atoms with Gasteiger partial charge in [0.15, 0.2) is 0 Å². The van der Waals surface area contributed by atoms with E-state index in [1.165, 1.54) is 51.8 Å². The number of unbranched alkanes of at least 4 members (excludes halogenated alkanes) is 3. The summed E-state index contributed by atoms with van der Waals surface area (Å²) in [5.74, 6) is -0.0987. The van der Waals surface area contributed by atoms with Gasteiger partial charge in [0.25, 0.3) is 5.56 Å². The molecule has 1 saturated heterocycles. The molecule has 0 aliphatic carbocycles. The molecule has 0 saturated carbocycles. The van der Waals surface area contributed by atoms with E-state index < -0.39 is 36.4 Å². The Bertz CT molecular complexity index is 1610. The third-order valence-corrected chi connectivity index (χ3v) is 21.9. The first-order valence-electron chi connectivity index (χ1n) is 17.9. The number of nitrogens with one attached hydrogen (secondary N) is 1. The van der Waals surface area contributed by atoms with Crippen molar-refractivity contribution in [3.63, 3.8) is 0 Å². The molecule has 0 bridgehead atoms. The Hall–Kier alpha value is -2.84. The number of amides is 1. The maximum atomic E-state index is 13.2. The Kier molecular flexibility index (Phi) is 17.5. The Morgan fingerprint density at radius 1 is 1.10 bits per heavy atom. The van der Waals surface area contributed by atoms with Gasteiger partial charge in [-0.1, -0.05) is 29.3 Å². The molecule has 3 aromatic rings.